The van der Waals surface area contributed by atoms with Crippen molar-refractivity contribution in [1.29, 1.82) is 0 Å². The molecule has 0 N–H and O–H groups in total. The van der Waals surface area contributed by atoms with Crippen LogP contribution >= 0.6 is 23.1 Å². The number of carbonyl (C=O) groups is 1. The SMILES string of the molecule is COC(=O)c1nc2ccsc2nc1SC. The Bertz CT molecular complexity index is 510. The van der Waals surface area contributed by atoms with Gasteiger partial charge in [-0.15, -0.1) is 23.1 Å². The molecule has 0 saturated heterocycles. The molecule has 0 aromatic carbocycles. The number of nitrogens with zero attached hydrogens (tertiary/aromatic N) is 2. The van der Waals surface area contributed by atoms with Gasteiger partial charge in [-0.05, 0) is 17.7 Å². The van der Waals surface area contributed by atoms with Gasteiger partial charge in [0.2, 0.25) is 0 Å². The lowest BCUT2D eigenvalue weighted by Crippen LogP contribution is -2.07. The molecule has 78 valence electrons. The number of hydrogen-bond acceptors (Lipinski definition) is 6. The molecule has 0 atom stereocenters. The van der Waals surface area contributed by atoms with Gasteiger partial charge in [0.15, 0.2) is 5.69 Å². The second-order valence-electron chi connectivity index (χ2n) is 2.68. The lowest BCUT2D eigenvalue weighted by molar-refractivity contribution is 0.0589. The minimum atomic E-state index is -0.444. The standard InChI is InChI=1S/C9H8N2O2S2/c1-13-9(12)6-8(14-2)11-7-5(10-6)3-4-15-7/h3-4H,1-2H3. The van der Waals surface area contributed by atoms with Crippen LogP contribution in [0.3, 0.4) is 0 Å². The molecule has 6 heteroatoms. The first-order valence-electron chi connectivity index (χ1n) is 4.14. The van der Waals surface area contributed by atoms with E-state index in [0.717, 1.165) is 10.3 Å². The average Bonchev–Trinajstić information content (AvgIpc) is 2.73. The van der Waals surface area contributed by atoms with Crippen LogP contribution in [0.25, 0.3) is 10.3 Å². The summed E-state index contributed by atoms with van der Waals surface area (Å²) in [5.74, 6) is -0.444. The number of methoxy groups -OCH3 is 1. The topological polar surface area (TPSA) is 52.1 Å². The van der Waals surface area contributed by atoms with Gasteiger partial charge >= 0.3 is 5.97 Å². The molecule has 0 amide bonds. The summed E-state index contributed by atoms with van der Waals surface area (Å²) in [4.78, 5) is 20.8. The van der Waals surface area contributed by atoms with Crippen LogP contribution in [0.1, 0.15) is 10.5 Å². The molecule has 2 heterocycles. The van der Waals surface area contributed by atoms with Crippen LogP contribution in [-0.2, 0) is 4.74 Å². The quantitative estimate of drug-likeness (QED) is 0.595. The van der Waals surface area contributed by atoms with E-state index in [0.29, 0.717) is 5.03 Å². The van der Waals surface area contributed by atoms with E-state index in [2.05, 4.69) is 14.7 Å². The highest BCUT2D eigenvalue weighted by Gasteiger charge is 2.16. The van der Waals surface area contributed by atoms with Gasteiger partial charge in [-0.1, -0.05) is 0 Å². The molecule has 0 fully saturated rings. The Morgan fingerprint density at radius 1 is 1.53 bits per heavy atom. The summed E-state index contributed by atoms with van der Waals surface area (Å²) >= 11 is 2.90. The van der Waals surface area contributed by atoms with Crippen molar-refractivity contribution in [3.8, 4) is 0 Å². The lowest BCUT2D eigenvalue weighted by atomic mass is 10.4. The molecule has 0 spiro atoms. The van der Waals surface area contributed by atoms with E-state index in [-0.39, 0.29) is 5.69 Å². The average molecular weight is 240 g/mol. The van der Waals surface area contributed by atoms with Crippen molar-refractivity contribution in [2.45, 2.75) is 5.03 Å². The molecule has 15 heavy (non-hydrogen) atoms. The van der Waals surface area contributed by atoms with Crippen molar-refractivity contribution in [2.75, 3.05) is 13.4 Å². The van der Waals surface area contributed by atoms with Gasteiger partial charge in [0.25, 0.3) is 0 Å². The molecule has 0 unspecified atom stereocenters. The molecule has 0 radical (unpaired) electrons. The zero-order valence-electron chi connectivity index (χ0n) is 8.18. The third-order valence-electron chi connectivity index (χ3n) is 1.83. The third-order valence-corrected chi connectivity index (χ3v) is 3.30. The van der Waals surface area contributed by atoms with Gasteiger partial charge in [0.1, 0.15) is 15.4 Å². The Kier molecular flexibility index (Phi) is 2.88. The number of thioether (sulfide) groups is 1. The third kappa shape index (κ3) is 1.82. The summed E-state index contributed by atoms with van der Waals surface area (Å²) in [5.41, 5.74) is 1.02. The van der Waals surface area contributed by atoms with Crippen LogP contribution in [0, 0.1) is 0 Å². The maximum Gasteiger partial charge on any atom is 0.359 e. The van der Waals surface area contributed by atoms with E-state index in [1.54, 1.807) is 0 Å². The van der Waals surface area contributed by atoms with Crippen molar-refractivity contribution in [1.82, 2.24) is 9.97 Å². The smallest absolute Gasteiger partial charge is 0.359 e. The Morgan fingerprint density at radius 2 is 2.33 bits per heavy atom. The van der Waals surface area contributed by atoms with Gasteiger partial charge in [-0.25, -0.2) is 14.8 Å². The molecule has 0 aliphatic rings. The van der Waals surface area contributed by atoms with Gasteiger partial charge in [-0.3, -0.25) is 0 Å². The maximum absolute atomic E-state index is 11.4. The highest BCUT2D eigenvalue weighted by atomic mass is 32.2. The van der Waals surface area contributed by atoms with Crippen LogP contribution in [0.15, 0.2) is 16.5 Å². The molecule has 0 saturated carbocycles. The van der Waals surface area contributed by atoms with Crippen LogP contribution in [-0.4, -0.2) is 29.3 Å². The van der Waals surface area contributed by atoms with E-state index in [9.17, 15) is 4.79 Å². The summed E-state index contributed by atoms with van der Waals surface area (Å²) < 4.78 is 4.65. The van der Waals surface area contributed by atoms with Crippen molar-refractivity contribution < 1.29 is 9.53 Å². The number of hydrogen-bond donors (Lipinski definition) is 0. The van der Waals surface area contributed by atoms with E-state index >= 15 is 0 Å². The largest absolute Gasteiger partial charge is 0.464 e. The number of esters is 1. The second-order valence-corrected chi connectivity index (χ2v) is 4.37. The first kappa shape index (κ1) is 10.4. The molecule has 0 aliphatic carbocycles. The number of thiophene rings is 1. The van der Waals surface area contributed by atoms with Crippen molar-refractivity contribution >= 4 is 39.4 Å². The maximum atomic E-state index is 11.4. The molecule has 4 nitrogen and oxygen atoms in total. The zero-order chi connectivity index (χ0) is 10.8. The van der Waals surface area contributed by atoms with Crippen molar-refractivity contribution in [2.24, 2.45) is 0 Å². The number of fused-ring (bicyclic) bond motifs is 1. The lowest BCUT2D eigenvalue weighted by Gasteiger charge is -2.03. The molecule has 2 aromatic heterocycles. The first-order valence-corrected chi connectivity index (χ1v) is 6.24. The van der Waals surface area contributed by atoms with E-state index in [4.69, 9.17) is 0 Å². The Morgan fingerprint density at radius 3 is 3.00 bits per heavy atom. The number of carbonyl (C=O) groups excluding carboxylic acids is 1. The fourth-order valence-electron chi connectivity index (χ4n) is 1.15. The van der Waals surface area contributed by atoms with Crippen LogP contribution in [0.2, 0.25) is 0 Å². The Balaban J connectivity index is 2.64. The monoisotopic (exact) mass is 240 g/mol. The van der Waals surface area contributed by atoms with Crippen molar-refractivity contribution in [3.05, 3.63) is 17.1 Å². The Hall–Kier alpha value is -1.14. The fourth-order valence-corrected chi connectivity index (χ4v) is 2.42. The number of rotatable bonds is 2. The summed E-state index contributed by atoms with van der Waals surface area (Å²) in [6.07, 6.45) is 1.86. The van der Waals surface area contributed by atoms with Gasteiger partial charge in [0, 0.05) is 0 Å². The van der Waals surface area contributed by atoms with Crippen molar-refractivity contribution in [3.63, 3.8) is 0 Å². The predicted molar refractivity (Wildman–Crippen MR) is 60.5 cm³/mol. The Labute approximate surface area is 94.7 Å². The zero-order valence-corrected chi connectivity index (χ0v) is 9.82. The minimum Gasteiger partial charge on any atom is -0.464 e. The molecule has 2 aromatic rings. The predicted octanol–water partition coefficient (Wildman–Crippen LogP) is 2.20. The molecule has 0 bridgehead atoms. The molecular formula is C9H8N2O2S2. The molecular weight excluding hydrogens is 232 g/mol. The minimum absolute atomic E-state index is 0.288. The van der Waals surface area contributed by atoms with Crippen LogP contribution in [0.4, 0.5) is 0 Å². The first-order chi connectivity index (χ1) is 7.26. The van der Waals surface area contributed by atoms with Gasteiger partial charge in [-0.2, -0.15) is 0 Å². The number of ether oxygens (including phenoxy) is 1. The summed E-state index contributed by atoms with van der Waals surface area (Å²) in [7, 11) is 1.34. The highest BCUT2D eigenvalue weighted by Crippen LogP contribution is 2.23. The molecule has 2 rings (SSSR count). The van der Waals surface area contributed by atoms with Gasteiger partial charge in [0.05, 0.1) is 7.11 Å². The normalized spacial score (nSPS) is 10.5. The number of aromatic nitrogens is 2. The summed E-state index contributed by atoms with van der Waals surface area (Å²) in [6.45, 7) is 0. The fraction of sp³-hybridized carbons (Fsp3) is 0.222. The molecule has 0 aliphatic heterocycles. The summed E-state index contributed by atoms with van der Waals surface area (Å²) in [6, 6.07) is 1.84. The second kappa shape index (κ2) is 4.16. The summed E-state index contributed by atoms with van der Waals surface area (Å²) in [5, 5.41) is 2.51. The van der Waals surface area contributed by atoms with E-state index < -0.39 is 5.97 Å². The van der Waals surface area contributed by atoms with Crippen LogP contribution < -0.4 is 0 Å². The van der Waals surface area contributed by atoms with E-state index in [1.807, 2.05) is 17.7 Å². The van der Waals surface area contributed by atoms with Crippen LogP contribution in [0.5, 0.6) is 0 Å². The van der Waals surface area contributed by atoms with E-state index in [1.165, 1.54) is 30.2 Å². The highest BCUT2D eigenvalue weighted by molar-refractivity contribution is 7.98. The van der Waals surface area contributed by atoms with Gasteiger partial charge < -0.3 is 4.74 Å².